The number of aromatic nitrogens is 2. The minimum Gasteiger partial charge on any atom is -0.508 e. The van der Waals surface area contributed by atoms with E-state index in [1.807, 2.05) is 4.90 Å². The fourth-order valence-corrected chi connectivity index (χ4v) is 4.11. The molecule has 6 nitrogen and oxygen atoms in total. The summed E-state index contributed by atoms with van der Waals surface area (Å²) in [6, 6.07) is 9.79. The normalized spacial score (nSPS) is 16.1. The molecule has 3 aromatic rings. The molecule has 1 aliphatic heterocycles. The van der Waals surface area contributed by atoms with Gasteiger partial charge in [-0.15, -0.1) is 0 Å². The predicted molar refractivity (Wildman–Crippen MR) is 114 cm³/mol. The summed E-state index contributed by atoms with van der Waals surface area (Å²) in [6.07, 6.45) is 2.35. The first-order chi connectivity index (χ1) is 14.4. The number of aryl methyl sites for hydroxylation is 1. The number of hydrogen-bond acceptors (Lipinski definition) is 5. The number of imidazole rings is 1. The molecule has 0 bridgehead atoms. The van der Waals surface area contributed by atoms with Crippen molar-refractivity contribution in [3.8, 4) is 5.75 Å². The Balaban J connectivity index is 1.51. The van der Waals surface area contributed by atoms with Crippen LogP contribution in [-0.4, -0.2) is 50.8 Å². The highest BCUT2D eigenvalue weighted by molar-refractivity contribution is 6.30. The average molecular weight is 431 g/mol. The Kier molecular flexibility index (Phi) is 5.94. The summed E-state index contributed by atoms with van der Waals surface area (Å²) in [4.78, 5) is 8.37. The predicted octanol–water partition coefficient (Wildman–Crippen LogP) is 3.32. The van der Waals surface area contributed by atoms with Crippen LogP contribution in [0.25, 0.3) is 0 Å². The SMILES string of the molecule is Cn1ccnc1[C@@H](O)c1cccc(F)c1N1CCN(Cc2cc(Cl)ccc2O)CC1. The summed E-state index contributed by atoms with van der Waals surface area (Å²) < 4.78 is 16.6. The number of phenolic OH excluding ortho intramolecular Hbond substituents is 1. The molecule has 2 aromatic carbocycles. The minimum atomic E-state index is -1.02. The Bertz CT molecular complexity index is 1030. The number of nitrogens with zero attached hydrogens (tertiary/aromatic N) is 4. The Morgan fingerprint density at radius 3 is 2.63 bits per heavy atom. The minimum absolute atomic E-state index is 0.219. The van der Waals surface area contributed by atoms with E-state index in [-0.39, 0.29) is 11.6 Å². The summed E-state index contributed by atoms with van der Waals surface area (Å²) in [5, 5.41) is 21.5. The Morgan fingerprint density at radius 1 is 1.17 bits per heavy atom. The zero-order valence-corrected chi connectivity index (χ0v) is 17.4. The van der Waals surface area contributed by atoms with Crippen LogP contribution in [0.4, 0.5) is 10.1 Å². The molecule has 1 atom stereocenters. The third-order valence-corrected chi connectivity index (χ3v) is 5.77. The summed E-state index contributed by atoms with van der Waals surface area (Å²) in [5.41, 5.74) is 1.69. The molecule has 1 saturated heterocycles. The van der Waals surface area contributed by atoms with Gasteiger partial charge in [0, 0.05) is 68.3 Å². The quantitative estimate of drug-likeness (QED) is 0.650. The Hall–Kier alpha value is -2.61. The van der Waals surface area contributed by atoms with Crippen molar-refractivity contribution >= 4 is 17.3 Å². The van der Waals surface area contributed by atoms with Crippen LogP contribution in [0.2, 0.25) is 5.02 Å². The van der Waals surface area contributed by atoms with Gasteiger partial charge in [-0.1, -0.05) is 23.7 Å². The highest BCUT2D eigenvalue weighted by Crippen LogP contribution is 2.33. The number of anilines is 1. The molecule has 0 unspecified atom stereocenters. The number of rotatable bonds is 5. The van der Waals surface area contributed by atoms with Gasteiger partial charge < -0.3 is 19.7 Å². The number of phenols is 1. The molecule has 0 aliphatic carbocycles. The van der Waals surface area contributed by atoms with E-state index >= 15 is 0 Å². The van der Waals surface area contributed by atoms with E-state index in [1.54, 1.807) is 54.3 Å². The molecule has 30 heavy (non-hydrogen) atoms. The summed E-state index contributed by atoms with van der Waals surface area (Å²) >= 11 is 6.05. The van der Waals surface area contributed by atoms with Crippen LogP contribution in [0.1, 0.15) is 23.1 Å². The second kappa shape index (κ2) is 8.63. The summed E-state index contributed by atoms with van der Waals surface area (Å²) in [7, 11) is 1.80. The number of aliphatic hydroxyl groups is 1. The molecule has 2 heterocycles. The molecule has 0 amide bonds. The molecule has 158 valence electrons. The smallest absolute Gasteiger partial charge is 0.146 e. The average Bonchev–Trinajstić information content (AvgIpc) is 3.16. The second-order valence-electron chi connectivity index (χ2n) is 7.51. The largest absolute Gasteiger partial charge is 0.508 e. The van der Waals surface area contributed by atoms with Crippen LogP contribution in [0.3, 0.4) is 0 Å². The van der Waals surface area contributed by atoms with Gasteiger partial charge >= 0.3 is 0 Å². The summed E-state index contributed by atoms with van der Waals surface area (Å²) in [5.74, 6) is 0.329. The lowest BCUT2D eigenvalue weighted by Gasteiger charge is -2.37. The van der Waals surface area contributed by atoms with Crippen molar-refractivity contribution in [1.29, 1.82) is 0 Å². The molecule has 2 N–H and O–H groups in total. The van der Waals surface area contributed by atoms with Gasteiger partial charge in [-0.2, -0.15) is 0 Å². The van der Waals surface area contributed by atoms with Crippen LogP contribution in [0, 0.1) is 5.82 Å². The third-order valence-electron chi connectivity index (χ3n) is 5.54. The second-order valence-corrected chi connectivity index (χ2v) is 7.95. The molecule has 0 spiro atoms. The Morgan fingerprint density at radius 2 is 1.93 bits per heavy atom. The number of piperazine rings is 1. The molecule has 1 fully saturated rings. The zero-order chi connectivity index (χ0) is 21.3. The van der Waals surface area contributed by atoms with Crippen molar-refractivity contribution in [3.63, 3.8) is 0 Å². The lowest BCUT2D eigenvalue weighted by atomic mass is 10.0. The zero-order valence-electron chi connectivity index (χ0n) is 16.7. The number of aliphatic hydroxyl groups excluding tert-OH is 1. The number of aromatic hydroxyl groups is 1. The van der Waals surface area contributed by atoms with E-state index < -0.39 is 6.10 Å². The van der Waals surface area contributed by atoms with Crippen molar-refractivity contribution in [2.75, 3.05) is 31.1 Å². The maximum atomic E-state index is 14.8. The Labute approximate surface area is 179 Å². The van der Waals surface area contributed by atoms with Crippen LogP contribution in [-0.2, 0) is 13.6 Å². The lowest BCUT2D eigenvalue weighted by Crippen LogP contribution is -2.46. The molecule has 0 saturated carbocycles. The van der Waals surface area contributed by atoms with Crippen LogP contribution >= 0.6 is 11.6 Å². The fourth-order valence-electron chi connectivity index (χ4n) is 3.92. The highest BCUT2D eigenvalue weighted by atomic mass is 35.5. The third kappa shape index (κ3) is 4.14. The lowest BCUT2D eigenvalue weighted by molar-refractivity contribution is 0.205. The molecule has 0 radical (unpaired) electrons. The fraction of sp³-hybridized carbons (Fsp3) is 0.318. The van der Waals surface area contributed by atoms with E-state index in [4.69, 9.17) is 11.6 Å². The number of para-hydroxylation sites is 1. The van der Waals surface area contributed by atoms with Gasteiger partial charge in [-0.3, -0.25) is 4.90 Å². The van der Waals surface area contributed by atoms with E-state index in [1.165, 1.54) is 6.07 Å². The van der Waals surface area contributed by atoms with Gasteiger partial charge in [0.15, 0.2) is 0 Å². The van der Waals surface area contributed by atoms with Crippen molar-refractivity contribution in [3.05, 3.63) is 76.6 Å². The molecular weight excluding hydrogens is 407 g/mol. The van der Waals surface area contributed by atoms with Crippen molar-refractivity contribution in [2.45, 2.75) is 12.6 Å². The van der Waals surface area contributed by atoms with Crippen molar-refractivity contribution in [1.82, 2.24) is 14.5 Å². The molecule has 8 heteroatoms. The standard InChI is InChI=1S/C22H24ClFN4O2/c1-26-8-7-25-22(26)21(30)17-3-2-4-18(24)20(17)28-11-9-27(10-12-28)14-15-13-16(23)5-6-19(15)29/h2-8,13,21,29-30H,9-12,14H2,1H3/t21-/m0/s1. The van der Waals surface area contributed by atoms with E-state index in [0.29, 0.717) is 54.8 Å². The summed E-state index contributed by atoms with van der Waals surface area (Å²) in [6.45, 7) is 3.15. The topological polar surface area (TPSA) is 64.8 Å². The molecule has 1 aliphatic rings. The van der Waals surface area contributed by atoms with Gasteiger partial charge in [0.1, 0.15) is 23.5 Å². The first-order valence-corrected chi connectivity index (χ1v) is 10.2. The van der Waals surface area contributed by atoms with Gasteiger partial charge in [0.25, 0.3) is 0 Å². The number of hydrogen-bond donors (Lipinski definition) is 2. The monoisotopic (exact) mass is 430 g/mol. The highest BCUT2D eigenvalue weighted by Gasteiger charge is 2.27. The van der Waals surface area contributed by atoms with E-state index in [2.05, 4.69) is 9.88 Å². The number of benzene rings is 2. The first kappa shape index (κ1) is 20.7. The number of halogens is 2. The van der Waals surface area contributed by atoms with Crippen LogP contribution < -0.4 is 4.90 Å². The molecule has 1 aromatic heterocycles. The van der Waals surface area contributed by atoms with E-state index in [9.17, 15) is 14.6 Å². The van der Waals surface area contributed by atoms with Crippen molar-refractivity contribution in [2.24, 2.45) is 7.05 Å². The maximum Gasteiger partial charge on any atom is 0.146 e. The van der Waals surface area contributed by atoms with Gasteiger partial charge in [0.2, 0.25) is 0 Å². The van der Waals surface area contributed by atoms with Gasteiger partial charge in [0.05, 0.1) is 5.69 Å². The van der Waals surface area contributed by atoms with Gasteiger partial charge in [-0.05, 0) is 24.3 Å². The first-order valence-electron chi connectivity index (χ1n) is 9.82. The maximum absolute atomic E-state index is 14.8. The molecular formula is C22H24ClFN4O2. The van der Waals surface area contributed by atoms with Crippen LogP contribution in [0.5, 0.6) is 5.75 Å². The van der Waals surface area contributed by atoms with E-state index in [0.717, 1.165) is 5.56 Å². The molecule has 4 rings (SSSR count). The van der Waals surface area contributed by atoms with Crippen LogP contribution in [0.15, 0.2) is 48.8 Å². The van der Waals surface area contributed by atoms with Crippen molar-refractivity contribution < 1.29 is 14.6 Å². The van der Waals surface area contributed by atoms with Gasteiger partial charge in [-0.25, -0.2) is 9.37 Å².